The van der Waals surface area contributed by atoms with Gasteiger partial charge in [-0.15, -0.1) is 0 Å². The summed E-state index contributed by atoms with van der Waals surface area (Å²) in [5.74, 6) is 1.54. The largest absolute Gasteiger partial charge is 0.490 e. The summed E-state index contributed by atoms with van der Waals surface area (Å²) < 4.78 is 11.5. The van der Waals surface area contributed by atoms with Gasteiger partial charge in [0.15, 0.2) is 0 Å². The number of aromatic amines is 1. The van der Waals surface area contributed by atoms with Crippen molar-refractivity contribution >= 4 is 22.5 Å². The van der Waals surface area contributed by atoms with Gasteiger partial charge in [-0.05, 0) is 62.3 Å². The van der Waals surface area contributed by atoms with Crippen LogP contribution in [0.1, 0.15) is 42.7 Å². The SMILES string of the molecule is COC1CC(C(=O)Nc2c[nH]c3ccc(OC4CC(c5ccc(C)cc5)C4)cc23)C1. The predicted molar refractivity (Wildman–Crippen MR) is 118 cm³/mol. The number of aromatic nitrogens is 1. The number of nitrogens with one attached hydrogen (secondary N) is 2. The number of amides is 1. The van der Waals surface area contributed by atoms with Crippen LogP contribution in [-0.4, -0.2) is 30.2 Å². The highest BCUT2D eigenvalue weighted by atomic mass is 16.5. The predicted octanol–water partition coefficient (Wildman–Crippen LogP) is 5.16. The molecule has 0 saturated heterocycles. The number of hydrogen-bond acceptors (Lipinski definition) is 3. The molecule has 30 heavy (non-hydrogen) atoms. The first-order valence-corrected chi connectivity index (χ1v) is 10.8. The average Bonchev–Trinajstić information content (AvgIpc) is 3.06. The number of anilines is 1. The number of ether oxygens (including phenoxy) is 2. The van der Waals surface area contributed by atoms with E-state index in [0.29, 0.717) is 5.92 Å². The van der Waals surface area contributed by atoms with Crippen LogP contribution in [0.2, 0.25) is 0 Å². The Kier molecular flexibility index (Phi) is 4.99. The number of fused-ring (bicyclic) bond motifs is 1. The van der Waals surface area contributed by atoms with Gasteiger partial charge < -0.3 is 19.8 Å². The summed E-state index contributed by atoms with van der Waals surface area (Å²) >= 11 is 0. The molecule has 3 aromatic rings. The lowest BCUT2D eigenvalue weighted by Gasteiger charge is -2.35. The second kappa shape index (κ2) is 7.80. The maximum Gasteiger partial charge on any atom is 0.227 e. The van der Waals surface area contributed by atoms with Gasteiger partial charge >= 0.3 is 0 Å². The van der Waals surface area contributed by atoms with E-state index in [2.05, 4.69) is 41.5 Å². The van der Waals surface area contributed by atoms with E-state index >= 15 is 0 Å². The van der Waals surface area contributed by atoms with Crippen LogP contribution in [-0.2, 0) is 9.53 Å². The van der Waals surface area contributed by atoms with E-state index in [0.717, 1.165) is 48.0 Å². The third-order valence-corrected chi connectivity index (χ3v) is 6.66. The highest BCUT2D eigenvalue weighted by molar-refractivity contribution is 6.03. The molecule has 2 fully saturated rings. The van der Waals surface area contributed by atoms with Crippen LogP contribution >= 0.6 is 0 Å². The minimum Gasteiger partial charge on any atom is -0.490 e. The Balaban J connectivity index is 1.21. The molecule has 156 valence electrons. The maximum absolute atomic E-state index is 12.5. The standard InChI is InChI=1S/C25H28N2O3/c1-15-3-5-16(6-4-15)17-9-21(10-17)30-19-7-8-23-22(13-19)24(14-26-23)27-25(28)18-11-20(12-18)29-2/h3-8,13-14,17-18,20-21,26H,9-12H2,1-2H3,(H,27,28). The normalized spacial score (nSPS) is 25.4. The molecular formula is C25H28N2O3. The van der Waals surface area contributed by atoms with Crippen molar-refractivity contribution in [2.24, 2.45) is 5.92 Å². The fourth-order valence-electron chi connectivity index (χ4n) is 4.45. The fourth-order valence-corrected chi connectivity index (χ4v) is 4.45. The Morgan fingerprint density at radius 1 is 1.03 bits per heavy atom. The van der Waals surface area contributed by atoms with Crippen molar-refractivity contribution in [2.45, 2.75) is 50.7 Å². The van der Waals surface area contributed by atoms with Crippen LogP contribution in [0.25, 0.3) is 10.9 Å². The molecular weight excluding hydrogens is 376 g/mol. The molecule has 1 aromatic heterocycles. The van der Waals surface area contributed by atoms with Gasteiger partial charge in [0.1, 0.15) is 5.75 Å². The molecule has 5 rings (SSSR count). The third kappa shape index (κ3) is 3.70. The Bertz CT molecular complexity index is 1040. The molecule has 2 saturated carbocycles. The van der Waals surface area contributed by atoms with E-state index in [-0.39, 0.29) is 24.0 Å². The van der Waals surface area contributed by atoms with Crippen LogP contribution in [0.4, 0.5) is 5.69 Å². The van der Waals surface area contributed by atoms with Crippen molar-refractivity contribution in [3.8, 4) is 5.75 Å². The number of carbonyl (C=O) groups is 1. The van der Waals surface area contributed by atoms with Crippen molar-refractivity contribution in [1.29, 1.82) is 0 Å². The van der Waals surface area contributed by atoms with Gasteiger partial charge in [-0.2, -0.15) is 0 Å². The average molecular weight is 405 g/mol. The molecule has 2 aromatic carbocycles. The second-order valence-corrected chi connectivity index (χ2v) is 8.74. The maximum atomic E-state index is 12.5. The molecule has 0 radical (unpaired) electrons. The summed E-state index contributed by atoms with van der Waals surface area (Å²) in [6.07, 6.45) is 5.99. The summed E-state index contributed by atoms with van der Waals surface area (Å²) in [6, 6.07) is 14.9. The lowest BCUT2D eigenvalue weighted by molar-refractivity contribution is -0.127. The molecule has 0 unspecified atom stereocenters. The molecule has 2 N–H and O–H groups in total. The van der Waals surface area contributed by atoms with Crippen LogP contribution in [0.5, 0.6) is 5.75 Å². The van der Waals surface area contributed by atoms with E-state index in [4.69, 9.17) is 9.47 Å². The fraction of sp³-hybridized carbons (Fsp3) is 0.400. The monoisotopic (exact) mass is 404 g/mol. The van der Waals surface area contributed by atoms with Gasteiger partial charge in [-0.25, -0.2) is 0 Å². The molecule has 0 atom stereocenters. The van der Waals surface area contributed by atoms with Crippen molar-refractivity contribution in [2.75, 3.05) is 12.4 Å². The summed E-state index contributed by atoms with van der Waals surface area (Å²) in [5.41, 5.74) is 4.50. The van der Waals surface area contributed by atoms with Crippen molar-refractivity contribution in [3.63, 3.8) is 0 Å². The zero-order chi connectivity index (χ0) is 20.7. The zero-order valence-corrected chi connectivity index (χ0v) is 17.5. The quantitative estimate of drug-likeness (QED) is 0.596. The first-order chi connectivity index (χ1) is 14.6. The van der Waals surface area contributed by atoms with E-state index in [1.807, 2.05) is 24.4 Å². The molecule has 0 spiro atoms. The van der Waals surface area contributed by atoms with Crippen molar-refractivity contribution in [1.82, 2.24) is 4.98 Å². The van der Waals surface area contributed by atoms with Crippen LogP contribution < -0.4 is 10.1 Å². The third-order valence-electron chi connectivity index (χ3n) is 6.66. The Hall–Kier alpha value is -2.79. The molecule has 1 heterocycles. The minimum atomic E-state index is 0.0352. The highest BCUT2D eigenvalue weighted by Gasteiger charge is 2.35. The van der Waals surface area contributed by atoms with E-state index in [1.54, 1.807) is 7.11 Å². The molecule has 1 amide bonds. The van der Waals surface area contributed by atoms with Gasteiger partial charge in [0, 0.05) is 30.1 Å². The summed E-state index contributed by atoms with van der Waals surface area (Å²) in [6.45, 7) is 2.12. The highest BCUT2D eigenvalue weighted by Crippen LogP contribution is 2.40. The lowest BCUT2D eigenvalue weighted by atomic mass is 9.77. The van der Waals surface area contributed by atoms with Crippen LogP contribution in [0.3, 0.4) is 0 Å². The van der Waals surface area contributed by atoms with E-state index in [1.165, 1.54) is 11.1 Å². The number of aryl methyl sites for hydroxylation is 1. The Morgan fingerprint density at radius 2 is 1.80 bits per heavy atom. The van der Waals surface area contributed by atoms with Gasteiger partial charge in [-0.3, -0.25) is 4.79 Å². The number of methoxy groups -OCH3 is 1. The van der Waals surface area contributed by atoms with Crippen LogP contribution in [0, 0.1) is 12.8 Å². The first-order valence-electron chi connectivity index (χ1n) is 10.8. The molecule has 5 nitrogen and oxygen atoms in total. The number of rotatable bonds is 6. The van der Waals surface area contributed by atoms with Crippen molar-refractivity contribution in [3.05, 3.63) is 59.8 Å². The number of carbonyl (C=O) groups excluding carboxylic acids is 1. The molecule has 0 aliphatic heterocycles. The molecule has 2 aliphatic rings. The van der Waals surface area contributed by atoms with E-state index in [9.17, 15) is 4.79 Å². The van der Waals surface area contributed by atoms with Gasteiger partial charge in [-0.1, -0.05) is 29.8 Å². The number of H-pyrrole nitrogens is 1. The smallest absolute Gasteiger partial charge is 0.227 e. The summed E-state index contributed by atoms with van der Waals surface area (Å²) in [7, 11) is 1.70. The second-order valence-electron chi connectivity index (χ2n) is 8.74. The summed E-state index contributed by atoms with van der Waals surface area (Å²) in [4.78, 5) is 15.7. The number of hydrogen-bond donors (Lipinski definition) is 2. The van der Waals surface area contributed by atoms with Crippen LogP contribution in [0.15, 0.2) is 48.7 Å². The Morgan fingerprint density at radius 3 is 2.53 bits per heavy atom. The topological polar surface area (TPSA) is 63.3 Å². The minimum absolute atomic E-state index is 0.0352. The molecule has 5 heteroatoms. The first kappa shape index (κ1) is 19.2. The van der Waals surface area contributed by atoms with Gasteiger partial charge in [0.05, 0.1) is 17.9 Å². The number of benzene rings is 2. The lowest BCUT2D eigenvalue weighted by Crippen LogP contribution is -2.38. The summed E-state index contributed by atoms with van der Waals surface area (Å²) in [5, 5.41) is 4.06. The van der Waals surface area contributed by atoms with Gasteiger partial charge in [0.25, 0.3) is 0 Å². The van der Waals surface area contributed by atoms with Gasteiger partial charge in [0.2, 0.25) is 5.91 Å². The van der Waals surface area contributed by atoms with Crippen molar-refractivity contribution < 1.29 is 14.3 Å². The van der Waals surface area contributed by atoms with E-state index < -0.39 is 0 Å². The molecule has 2 aliphatic carbocycles. The molecule has 0 bridgehead atoms. The Labute approximate surface area is 176 Å². The zero-order valence-electron chi connectivity index (χ0n) is 17.5.